The number of benzene rings is 2. The van der Waals surface area contributed by atoms with Gasteiger partial charge in [0.25, 0.3) is 5.69 Å². The Balaban J connectivity index is 1.58. The number of nitrogens with zero attached hydrogens (tertiary/aromatic N) is 3. The molecule has 1 N–H and O–H groups in total. The number of nitro groups is 1. The summed E-state index contributed by atoms with van der Waals surface area (Å²) < 4.78 is 5.21. The van der Waals surface area contributed by atoms with Gasteiger partial charge in [-0.15, -0.1) is 0 Å². The van der Waals surface area contributed by atoms with Crippen molar-refractivity contribution in [1.82, 2.24) is 15.5 Å². The summed E-state index contributed by atoms with van der Waals surface area (Å²) in [6.07, 6.45) is 1.01. The number of rotatable bonds is 7. The molecule has 27 heavy (non-hydrogen) atoms. The van der Waals surface area contributed by atoms with E-state index >= 15 is 0 Å². The minimum atomic E-state index is -0.474. The third kappa shape index (κ3) is 4.75. The van der Waals surface area contributed by atoms with E-state index in [9.17, 15) is 14.9 Å². The van der Waals surface area contributed by atoms with Crippen molar-refractivity contribution in [2.75, 3.05) is 0 Å². The molecule has 0 fully saturated rings. The molecule has 8 nitrogen and oxygen atoms in total. The van der Waals surface area contributed by atoms with Crippen LogP contribution in [-0.2, 0) is 11.2 Å². The topological polar surface area (TPSA) is 111 Å². The van der Waals surface area contributed by atoms with Crippen LogP contribution in [0.25, 0.3) is 11.4 Å². The van der Waals surface area contributed by atoms with Gasteiger partial charge in [0, 0.05) is 24.1 Å². The second-order valence-corrected chi connectivity index (χ2v) is 6.04. The summed E-state index contributed by atoms with van der Waals surface area (Å²) in [5.74, 6) is 0.475. The fourth-order valence-electron chi connectivity index (χ4n) is 2.54. The summed E-state index contributed by atoms with van der Waals surface area (Å²) >= 11 is 0. The fraction of sp³-hybridized carbons (Fsp3) is 0.211. The predicted molar refractivity (Wildman–Crippen MR) is 97.7 cm³/mol. The summed E-state index contributed by atoms with van der Waals surface area (Å²) in [4.78, 5) is 26.6. The molecule has 0 aliphatic rings. The third-order valence-corrected chi connectivity index (χ3v) is 4.01. The van der Waals surface area contributed by atoms with Crippen LogP contribution in [-0.4, -0.2) is 21.0 Å². The van der Waals surface area contributed by atoms with Gasteiger partial charge in [-0.2, -0.15) is 4.98 Å². The largest absolute Gasteiger partial charge is 0.345 e. The van der Waals surface area contributed by atoms with Gasteiger partial charge in [0.1, 0.15) is 6.04 Å². The van der Waals surface area contributed by atoms with Crippen LogP contribution in [0.1, 0.15) is 30.8 Å². The van der Waals surface area contributed by atoms with Gasteiger partial charge in [0.05, 0.1) is 4.92 Å². The molecular weight excluding hydrogens is 348 g/mol. The smallest absolute Gasteiger partial charge is 0.269 e. The summed E-state index contributed by atoms with van der Waals surface area (Å²) in [7, 11) is 0. The van der Waals surface area contributed by atoms with Crippen LogP contribution >= 0.6 is 0 Å². The second-order valence-electron chi connectivity index (χ2n) is 6.04. The molecule has 0 saturated heterocycles. The Morgan fingerprint density at radius 1 is 1.19 bits per heavy atom. The SMILES string of the molecule is C[C@H](NC(=O)CCc1ccccc1)c1nc(-c2ccc([N+](=O)[O-])cc2)no1. The highest BCUT2D eigenvalue weighted by molar-refractivity contribution is 5.76. The van der Waals surface area contributed by atoms with E-state index in [4.69, 9.17) is 4.52 Å². The molecule has 0 saturated carbocycles. The minimum Gasteiger partial charge on any atom is -0.345 e. The number of carbonyl (C=O) groups excluding carboxylic acids is 1. The normalized spacial score (nSPS) is 11.7. The van der Waals surface area contributed by atoms with Crippen molar-refractivity contribution in [1.29, 1.82) is 0 Å². The molecule has 3 rings (SSSR count). The van der Waals surface area contributed by atoms with Gasteiger partial charge >= 0.3 is 0 Å². The van der Waals surface area contributed by atoms with Crippen LogP contribution in [0.5, 0.6) is 0 Å². The summed E-state index contributed by atoms with van der Waals surface area (Å²) in [6.45, 7) is 1.76. The number of hydrogen-bond donors (Lipinski definition) is 1. The number of nitro benzene ring substituents is 1. The molecule has 0 spiro atoms. The van der Waals surface area contributed by atoms with Gasteiger partial charge in [-0.1, -0.05) is 35.5 Å². The van der Waals surface area contributed by atoms with Gasteiger partial charge < -0.3 is 9.84 Å². The Kier molecular flexibility index (Phi) is 5.55. The number of carbonyl (C=O) groups is 1. The molecule has 0 aliphatic carbocycles. The molecule has 1 amide bonds. The average molecular weight is 366 g/mol. The molecule has 8 heteroatoms. The molecule has 1 heterocycles. The molecular formula is C19H18N4O4. The molecule has 3 aromatic rings. The van der Waals surface area contributed by atoms with E-state index in [-0.39, 0.29) is 17.5 Å². The minimum absolute atomic E-state index is 0.0125. The first-order chi connectivity index (χ1) is 13.0. The molecule has 1 atom stereocenters. The Labute approximate surface area is 155 Å². The number of amides is 1. The lowest BCUT2D eigenvalue weighted by molar-refractivity contribution is -0.384. The maximum Gasteiger partial charge on any atom is 0.269 e. The maximum atomic E-state index is 12.1. The summed E-state index contributed by atoms with van der Waals surface area (Å²) in [6, 6.07) is 15.2. The van der Waals surface area contributed by atoms with E-state index < -0.39 is 11.0 Å². The van der Waals surface area contributed by atoms with Gasteiger partial charge in [-0.3, -0.25) is 14.9 Å². The lowest BCUT2D eigenvalue weighted by atomic mass is 10.1. The number of non-ortho nitro benzene ring substituents is 1. The Morgan fingerprint density at radius 3 is 2.56 bits per heavy atom. The van der Waals surface area contributed by atoms with E-state index in [0.717, 1.165) is 5.56 Å². The first kappa shape index (κ1) is 18.2. The van der Waals surface area contributed by atoms with E-state index in [1.165, 1.54) is 12.1 Å². The van der Waals surface area contributed by atoms with E-state index in [0.29, 0.717) is 24.2 Å². The van der Waals surface area contributed by atoms with Crippen molar-refractivity contribution in [3.05, 3.63) is 76.2 Å². The van der Waals surface area contributed by atoms with Crippen LogP contribution in [0, 0.1) is 10.1 Å². The predicted octanol–water partition coefficient (Wildman–Crippen LogP) is 3.45. The Bertz CT molecular complexity index is 922. The lowest BCUT2D eigenvalue weighted by Gasteiger charge is -2.09. The van der Waals surface area contributed by atoms with Gasteiger partial charge in [-0.25, -0.2) is 0 Å². The zero-order valence-corrected chi connectivity index (χ0v) is 14.7. The molecule has 0 bridgehead atoms. The van der Waals surface area contributed by atoms with Crippen LogP contribution < -0.4 is 5.32 Å². The van der Waals surface area contributed by atoms with Crippen LogP contribution in [0.4, 0.5) is 5.69 Å². The Hall–Kier alpha value is -3.55. The molecule has 0 aliphatic heterocycles. The highest BCUT2D eigenvalue weighted by atomic mass is 16.6. The first-order valence-electron chi connectivity index (χ1n) is 8.44. The zero-order chi connectivity index (χ0) is 19.2. The van der Waals surface area contributed by atoms with Gasteiger partial charge in [0.2, 0.25) is 17.6 Å². The molecule has 2 aromatic carbocycles. The number of aryl methyl sites for hydroxylation is 1. The first-order valence-corrected chi connectivity index (χ1v) is 8.44. The summed E-state index contributed by atoms with van der Waals surface area (Å²) in [5, 5.41) is 17.4. The molecule has 1 aromatic heterocycles. The van der Waals surface area contributed by atoms with Crippen LogP contribution in [0.15, 0.2) is 59.1 Å². The lowest BCUT2D eigenvalue weighted by Crippen LogP contribution is -2.27. The van der Waals surface area contributed by atoms with Crippen molar-refractivity contribution in [2.45, 2.75) is 25.8 Å². The Morgan fingerprint density at radius 2 is 1.89 bits per heavy atom. The standard InChI is InChI=1S/C19H18N4O4/c1-13(20-17(24)12-7-14-5-3-2-4-6-14)19-21-18(22-27-19)15-8-10-16(11-9-15)23(25)26/h2-6,8-11,13H,7,12H2,1H3,(H,20,24)/t13-/m0/s1. The zero-order valence-electron chi connectivity index (χ0n) is 14.7. The van der Waals surface area contributed by atoms with Crippen molar-refractivity contribution in [3.63, 3.8) is 0 Å². The summed E-state index contributed by atoms with van der Waals surface area (Å²) in [5.41, 5.74) is 1.68. The van der Waals surface area contributed by atoms with E-state index in [1.54, 1.807) is 19.1 Å². The number of aromatic nitrogens is 2. The van der Waals surface area contributed by atoms with E-state index in [1.807, 2.05) is 30.3 Å². The fourth-order valence-corrected chi connectivity index (χ4v) is 2.54. The van der Waals surface area contributed by atoms with E-state index in [2.05, 4.69) is 15.5 Å². The third-order valence-electron chi connectivity index (χ3n) is 4.01. The van der Waals surface area contributed by atoms with Gasteiger partial charge in [-0.05, 0) is 31.0 Å². The maximum absolute atomic E-state index is 12.1. The van der Waals surface area contributed by atoms with Crippen molar-refractivity contribution in [2.24, 2.45) is 0 Å². The van der Waals surface area contributed by atoms with Crippen molar-refractivity contribution >= 4 is 11.6 Å². The highest BCUT2D eigenvalue weighted by Gasteiger charge is 2.18. The molecule has 138 valence electrons. The molecule has 0 radical (unpaired) electrons. The highest BCUT2D eigenvalue weighted by Crippen LogP contribution is 2.21. The van der Waals surface area contributed by atoms with Crippen LogP contribution in [0.3, 0.4) is 0 Å². The monoisotopic (exact) mass is 366 g/mol. The second kappa shape index (κ2) is 8.22. The van der Waals surface area contributed by atoms with Gasteiger partial charge in [0.15, 0.2) is 0 Å². The van der Waals surface area contributed by atoms with Crippen molar-refractivity contribution in [3.8, 4) is 11.4 Å². The number of hydrogen-bond acceptors (Lipinski definition) is 6. The quantitative estimate of drug-likeness (QED) is 0.506. The number of nitrogens with one attached hydrogen (secondary N) is 1. The van der Waals surface area contributed by atoms with Crippen molar-refractivity contribution < 1.29 is 14.2 Å². The average Bonchev–Trinajstić information content (AvgIpc) is 3.18. The molecule has 0 unspecified atom stereocenters. The van der Waals surface area contributed by atoms with Crippen LogP contribution in [0.2, 0.25) is 0 Å².